The standard InChI is InChI=1S/C20H22N2O3/c1-16-7-5-6-8-17(16)15-19(23)21-11-13-22(14-12-21)20(24)25-18-9-3-2-4-10-18/h2-10H,11-15H2,1H3. The maximum Gasteiger partial charge on any atom is 0.415 e. The van der Waals surface area contributed by atoms with E-state index < -0.39 is 0 Å². The number of rotatable bonds is 3. The van der Waals surface area contributed by atoms with Gasteiger partial charge in [0.05, 0.1) is 6.42 Å². The highest BCUT2D eigenvalue weighted by molar-refractivity contribution is 5.79. The third-order valence-electron chi connectivity index (χ3n) is 4.44. The number of piperazine rings is 1. The quantitative estimate of drug-likeness (QED) is 0.865. The van der Waals surface area contributed by atoms with Crippen molar-refractivity contribution in [1.29, 1.82) is 0 Å². The molecule has 1 aliphatic rings. The average molecular weight is 338 g/mol. The number of nitrogens with zero attached hydrogens (tertiary/aromatic N) is 2. The zero-order valence-electron chi connectivity index (χ0n) is 14.4. The van der Waals surface area contributed by atoms with Gasteiger partial charge in [0.15, 0.2) is 0 Å². The summed E-state index contributed by atoms with van der Waals surface area (Å²) in [6.45, 7) is 4.07. The van der Waals surface area contributed by atoms with E-state index in [0.717, 1.165) is 11.1 Å². The Morgan fingerprint density at radius 1 is 0.880 bits per heavy atom. The number of aryl methyl sites for hydroxylation is 1. The number of para-hydroxylation sites is 1. The van der Waals surface area contributed by atoms with Crippen LogP contribution in [-0.4, -0.2) is 48.0 Å². The van der Waals surface area contributed by atoms with Crippen LogP contribution in [0.15, 0.2) is 54.6 Å². The first kappa shape index (κ1) is 17.0. The lowest BCUT2D eigenvalue weighted by Crippen LogP contribution is -2.51. The van der Waals surface area contributed by atoms with E-state index in [1.807, 2.05) is 54.3 Å². The Kier molecular flexibility index (Phi) is 5.33. The average Bonchev–Trinajstić information content (AvgIpc) is 2.64. The molecule has 0 radical (unpaired) electrons. The van der Waals surface area contributed by atoms with Crippen LogP contribution < -0.4 is 4.74 Å². The SMILES string of the molecule is Cc1ccccc1CC(=O)N1CCN(C(=O)Oc2ccccc2)CC1. The van der Waals surface area contributed by atoms with Gasteiger partial charge in [-0.25, -0.2) is 4.79 Å². The van der Waals surface area contributed by atoms with Gasteiger partial charge in [0.25, 0.3) is 0 Å². The zero-order chi connectivity index (χ0) is 17.6. The number of benzene rings is 2. The molecular formula is C20H22N2O3. The number of hydrogen-bond acceptors (Lipinski definition) is 3. The molecule has 3 rings (SSSR count). The summed E-state index contributed by atoms with van der Waals surface area (Å²) in [6.07, 6.45) is 0.0402. The smallest absolute Gasteiger partial charge is 0.410 e. The van der Waals surface area contributed by atoms with Crippen LogP contribution in [-0.2, 0) is 11.2 Å². The van der Waals surface area contributed by atoms with Crippen molar-refractivity contribution in [3.8, 4) is 5.75 Å². The fourth-order valence-corrected chi connectivity index (χ4v) is 2.88. The van der Waals surface area contributed by atoms with Crippen molar-refractivity contribution in [2.75, 3.05) is 26.2 Å². The predicted octanol–water partition coefficient (Wildman–Crippen LogP) is 2.88. The summed E-state index contributed by atoms with van der Waals surface area (Å²) in [5, 5.41) is 0. The van der Waals surface area contributed by atoms with Gasteiger partial charge in [-0.2, -0.15) is 0 Å². The zero-order valence-corrected chi connectivity index (χ0v) is 14.4. The molecule has 0 atom stereocenters. The second-order valence-electron chi connectivity index (χ2n) is 6.15. The van der Waals surface area contributed by atoms with Gasteiger partial charge in [0.2, 0.25) is 5.91 Å². The van der Waals surface area contributed by atoms with Gasteiger partial charge in [-0.3, -0.25) is 4.79 Å². The highest BCUT2D eigenvalue weighted by Crippen LogP contribution is 2.13. The number of hydrogen-bond donors (Lipinski definition) is 0. The fraction of sp³-hybridized carbons (Fsp3) is 0.300. The van der Waals surface area contributed by atoms with Gasteiger partial charge in [0.1, 0.15) is 5.75 Å². The molecule has 130 valence electrons. The lowest BCUT2D eigenvalue weighted by atomic mass is 10.1. The fourth-order valence-electron chi connectivity index (χ4n) is 2.88. The van der Waals surface area contributed by atoms with Gasteiger partial charge in [-0.05, 0) is 30.2 Å². The number of carbonyl (C=O) groups is 2. The molecule has 1 fully saturated rings. The molecule has 0 bridgehead atoms. The second kappa shape index (κ2) is 7.83. The highest BCUT2D eigenvalue weighted by atomic mass is 16.6. The Morgan fingerprint density at radius 3 is 2.16 bits per heavy atom. The summed E-state index contributed by atoms with van der Waals surface area (Å²) in [5.74, 6) is 0.635. The highest BCUT2D eigenvalue weighted by Gasteiger charge is 2.25. The van der Waals surface area contributed by atoms with E-state index in [0.29, 0.717) is 38.3 Å². The summed E-state index contributed by atoms with van der Waals surface area (Å²) in [4.78, 5) is 28.1. The predicted molar refractivity (Wildman–Crippen MR) is 95.5 cm³/mol. The van der Waals surface area contributed by atoms with E-state index in [1.54, 1.807) is 17.0 Å². The monoisotopic (exact) mass is 338 g/mol. The topological polar surface area (TPSA) is 49.9 Å². The van der Waals surface area contributed by atoms with Crippen molar-refractivity contribution in [1.82, 2.24) is 9.80 Å². The molecule has 0 spiro atoms. The van der Waals surface area contributed by atoms with Gasteiger partial charge < -0.3 is 14.5 Å². The molecular weight excluding hydrogens is 316 g/mol. The van der Waals surface area contributed by atoms with Crippen LogP contribution in [0, 0.1) is 6.92 Å². The molecule has 1 heterocycles. The molecule has 2 amide bonds. The number of carbonyl (C=O) groups excluding carboxylic acids is 2. The maximum absolute atomic E-state index is 12.5. The summed E-state index contributed by atoms with van der Waals surface area (Å²) < 4.78 is 5.34. The van der Waals surface area contributed by atoms with Crippen LogP contribution in [0.5, 0.6) is 5.75 Å². The minimum absolute atomic E-state index is 0.102. The first-order valence-electron chi connectivity index (χ1n) is 8.47. The van der Waals surface area contributed by atoms with Crippen LogP contribution in [0.2, 0.25) is 0 Å². The van der Waals surface area contributed by atoms with Crippen molar-refractivity contribution >= 4 is 12.0 Å². The molecule has 0 N–H and O–H groups in total. The molecule has 0 saturated carbocycles. The third kappa shape index (κ3) is 4.38. The van der Waals surface area contributed by atoms with Crippen molar-refractivity contribution in [3.63, 3.8) is 0 Å². The van der Waals surface area contributed by atoms with E-state index in [4.69, 9.17) is 4.74 Å². The second-order valence-corrected chi connectivity index (χ2v) is 6.15. The maximum atomic E-state index is 12.5. The summed E-state index contributed by atoms with van der Waals surface area (Å²) >= 11 is 0. The Morgan fingerprint density at radius 2 is 1.48 bits per heavy atom. The summed E-state index contributed by atoms with van der Waals surface area (Å²) in [5.41, 5.74) is 2.18. The molecule has 2 aromatic carbocycles. The van der Waals surface area contributed by atoms with Crippen LogP contribution in [0.3, 0.4) is 0 Å². The summed E-state index contributed by atoms with van der Waals surface area (Å²) in [6, 6.07) is 16.9. The third-order valence-corrected chi connectivity index (χ3v) is 4.44. The van der Waals surface area contributed by atoms with E-state index in [9.17, 15) is 9.59 Å². The van der Waals surface area contributed by atoms with Gasteiger partial charge in [-0.1, -0.05) is 42.5 Å². The Hall–Kier alpha value is -2.82. The largest absolute Gasteiger partial charge is 0.415 e. The minimum atomic E-state index is -0.364. The van der Waals surface area contributed by atoms with Gasteiger partial charge in [0, 0.05) is 26.2 Å². The Balaban J connectivity index is 1.50. The van der Waals surface area contributed by atoms with Crippen LogP contribution in [0.4, 0.5) is 4.79 Å². The normalized spacial score (nSPS) is 14.3. The Labute approximate surface area is 147 Å². The molecule has 0 aliphatic carbocycles. The first-order chi connectivity index (χ1) is 12.1. The van der Waals surface area contributed by atoms with E-state index in [1.165, 1.54) is 0 Å². The first-order valence-corrected chi connectivity index (χ1v) is 8.47. The van der Waals surface area contributed by atoms with Gasteiger partial charge in [-0.15, -0.1) is 0 Å². The molecule has 0 unspecified atom stereocenters. The van der Waals surface area contributed by atoms with Crippen LogP contribution in [0.25, 0.3) is 0 Å². The molecule has 2 aromatic rings. The summed E-state index contributed by atoms with van der Waals surface area (Å²) in [7, 11) is 0. The van der Waals surface area contributed by atoms with Crippen molar-refractivity contribution < 1.29 is 14.3 Å². The van der Waals surface area contributed by atoms with Crippen molar-refractivity contribution in [3.05, 3.63) is 65.7 Å². The van der Waals surface area contributed by atoms with E-state index >= 15 is 0 Å². The molecule has 1 aliphatic heterocycles. The molecule has 0 aromatic heterocycles. The van der Waals surface area contributed by atoms with Crippen LogP contribution >= 0.6 is 0 Å². The van der Waals surface area contributed by atoms with Crippen molar-refractivity contribution in [2.45, 2.75) is 13.3 Å². The lowest BCUT2D eigenvalue weighted by Gasteiger charge is -2.34. The molecule has 1 saturated heterocycles. The van der Waals surface area contributed by atoms with Crippen molar-refractivity contribution in [2.24, 2.45) is 0 Å². The molecule has 25 heavy (non-hydrogen) atoms. The number of ether oxygens (including phenoxy) is 1. The van der Waals surface area contributed by atoms with E-state index in [2.05, 4.69) is 0 Å². The Bertz CT molecular complexity index is 738. The minimum Gasteiger partial charge on any atom is -0.410 e. The van der Waals surface area contributed by atoms with E-state index in [-0.39, 0.29) is 12.0 Å². The number of amides is 2. The lowest BCUT2D eigenvalue weighted by molar-refractivity contribution is -0.132. The van der Waals surface area contributed by atoms with Gasteiger partial charge >= 0.3 is 6.09 Å². The molecule has 5 nitrogen and oxygen atoms in total. The molecule has 5 heteroatoms. The van der Waals surface area contributed by atoms with Crippen LogP contribution in [0.1, 0.15) is 11.1 Å².